The van der Waals surface area contributed by atoms with Crippen LogP contribution in [0.25, 0.3) is 0 Å². The molecule has 0 bridgehead atoms. The minimum Gasteiger partial charge on any atom is -0.483 e. The summed E-state index contributed by atoms with van der Waals surface area (Å²) in [5.41, 5.74) is 6.25. The maximum atomic E-state index is 11.8. The molecule has 1 atom stereocenters. The Kier molecular flexibility index (Phi) is 7.40. The largest absolute Gasteiger partial charge is 0.483 e. The molecule has 0 aromatic heterocycles. The van der Waals surface area contributed by atoms with Crippen molar-refractivity contribution in [3.8, 4) is 5.75 Å². The Bertz CT molecular complexity index is 466. The van der Waals surface area contributed by atoms with Crippen molar-refractivity contribution in [3.63, 3.8) is 0 Å². The number of carbonyl (C=O) groups excluding carboxylic acids is 1. The van der Waals surface area contributed by atoms with Crippen molar-refractivity contribution >= 4 is 34.9 Å². The molecule has 0 spiro atoms. The first kappa shape index (κ1) is 16.8. The molecular formula is C14H20N2O2S2. The lowest BCUT2D eigenvalue weighted by molar-refractivity contribution is -0.123. The van der Waals surface area contributed by atoms with Crippen LogP contribution in [0.3, 0.4) is 0 Å². The number of ether oxygens (including phenoxy) is 1. The van der Waals surface area contributed by atoms with Gasteiger partial charge in [0.2, 0.25) is 0 Å². The predicted molar refractivity (Wildman–Crippen MR) is 88.4 cm³/mol. The van der Waals surface area contributed by atoms with Crippen LogP contribution in [-0.4, -0.2) is 35.1 Å². The molecule has 0 radical (unpaired) electrons. The lowest BCUT2D eigenvalue weighted by atomic mass is 10.2. The molecule has 1 rings (SSSR count). The number of thioether (sulfide) groups is 1. The van der Waals surface area contributed by atoms with E-state index in [-0.39, 0.29) is 23.5 Å². The highest BCUT2D eigenvalue weighted by Crippen LogP contribution is 2.17. The Hall–Kier alpha value is -1.27. The molecule has 1 amide bonds. The van der Waals surface area contributed by atoms with E-state index in [1.807, 2.05) is 19.1 Å². The standard InChI is InChI=1S/C14H20N2O2S2/c1-3-20-9-10(2)16-13(17)8-18-12-7-5-4-6-11(12)14(15)19/h4-7,10H,3,8-9H2,1-2H3,(H2,15,19)(H,16,17). The van der Waals surface area contributed by atoms with Gasteiger partial charge in [-0.2, -0.15) is 11.8 Å². The molecule has 0 aliphatic rings. The number of rotatable bonds is 8. The molecule has 6 heteroatoms. The number of amides is 1. The summed E-state index contributed by atoms with van der Waals surface area (Å²) in [4.78, 5) is 12.0. The fourth-order valence-corrected chi connectivity index (χ4v) is 2.43. The molecule has 0 aliphatic heterocycles. The molecule has 1 aromatic rings. The number of para-hydroxylation sites is 1. The first-order chi connectivity index (χ1) is 9.54. The molecule has 0 saturated heterocycles. The third-order valence-corrected chi connectivity index (χ3v) is 3.85. The van der Waals surface area contributed by atoms with Crippen molar-refractivity contribution in [3.05, 3.63) is 29.8 Å². The third kappa shape index (κ3) is 5.79. The first-order valence-electron chi connectivity index (χ1n) is 6.43. The summed E-state index contributed by atoms with van der Waals surface area (Å²) in [6, 6.07) is 7.29. The normalized spacial score (nSPS) is 11.7. The molecule has 0 fully saturated rings. The topological polar surface area (TPSA) is 64.3 Å². The minimum absolute atomic E-state index is 0.0409. The fourth-order valence-electron chi connectivity index (χ4n) is 1.59. The van der Waals surface area contributed by atoms with Gasteiger partial charge in [-0.25, -0.2) is 0 Å². The first-order valence-corrected chi connectivity index (χ1v) is 7.99. The molecule has 0 aliphatic carbocycles. The Morgan fingerprint density at radius 3 is 2.85 bits per heavy atom. The Balaban J connectivity index is 2.47. The second-order valence-corrected chi connectivity index (χ2v) is 6.04. The van der Waals surface area contributed by atoms with E-state index in [2.05, 4.69) is 12.2 Å². The van der Waals surface area contributed by atoms with Crippen LogP contribution in [0.15, 0.2) is 24.3 Å². The number of hydrogen-bond donors (Lipinski definition) is 2. The van der Waals surface area contributed by atoms with E-state index in [0.29, 0.717) is 11.3 Å². The average Bonchev–Trinajstić information content (AvgIpc) is 2.43. The molecule has 3 N–H and O–H groups in total. The van der Waals surface area contributed by atoms with Crippen LogP contribution in [0.2, 0.25) is 0 Å². The quantitative estimate of drug-likeness (QED) is 0.718. The van der Waals surface area contributed by atoms with Crippen LogP contribution in [0.5, 0.6) is 5.75 Å². The van der Waals surface area contributed by atoms with Gasteiger partial charge in [-0.05, 0) is 24.8 Å². The van der Waals surface area contributed by atoms with E-state index < -0.39 is 0 Å². The molecule has 110 valence electrons. The van der Waals surface area contributed by atoms with Crippen LogP contribution in [0.4, 0.5) is 0 Å². The number of hydrogen-bond acceptors (Lipinski definition) is 4. The number of thiocarbonyl (C=S) groups is 1. The van der Waals surface area contributed by atoms with Crippen molar-refractivity contribution in [2.45, 2.75) is 19.9 Å². The average molecular weight is 312 g/mol. The Labute approximate surface area is 129 Å². The van der Waals surface area contributed by atoms with E-state index in [1.165, 1.54) is 0 Å². The fraction of sp³-hybridized carbons (Fsp3) is 0.429. The van der Waals surface area contributed by atoms with Gasteiger partial charge in [0.05, 0.1) is 5.56 Å². The van der Waals surface area contributed by atoms with Crippen molar-refractivity contribution in [2.75, 3.05) is 18.1 Å². The monoisotopic (exact) mass is 312 g/mol. The van der Waals surface area contributed by atoms with E-state index in [0.717, 1.165) is 11.5 Å². The molecule has 0 heterocycles. The summed E-state index contributed by atoms with van der Waals surface area (Å²) < 4.78 is 5.48. The zero-order valence-electron chi connectivity index (χ0n) is 11.7. The molecule has 1 aromatic carbocycles. The maximum absolute atomic E-state index is 11.8. The van der Waals surface area contributed by atoms with Crippen LogP contribution in [0, 0.1) is 0 Å². The van der Waals surface area contributed by atoms with Crippen molar-refractivity contribution in [1.29, 1.82) is 0 Å². The van der Waals surface area contributed by atoms with Gasteiger partial charge in [-0.15, -0.1) is 0 Å². The van der Waals surface area contributed by atoms with Gasteiger partial charge in [0.25, 0.3) is 5.91 Å². The summed E-state index contributed by atoms with van der Waals surface area (Å²) in [6.07, 6.45) is 0. The molecule has 1 unspecified atom stereocenters. The van der Waals surface area contributed by atoms with Crippen molar-refractivity contribution in [1.82, 2.24) is 5.32 Å². The third-order valence-electron chi connectivity index (χ3n) is 2.49. The second kappa shape index (κ2) is 8.81. The van der Waals surface area contributed by atoms with Crippen LogP contribution in [-0.2, 0) is 4.79 Å². The lowest BCUT2D eigenvalue weighted by Crippen LogP contribution is -2.37. The summed E-state index contributed by atoms with van der Waals surface area (Å²) in [5, 5.41) is 2.88. The number of carbonyl (C=O) groups is 1. The SMILES string of the molecule is CCSCC(C)NC(=O)COc1ccccc1C(N)=S. The van der Waals surface area contributed by atoms with E-state index in [1.54, 1.807) is 23.9 Å². The highest BCUT2D eigenvalue weighted by atomic mass is 32.2. The van der Waals surface area contributed by atoms with Gasteiger partial charge in [0, 0.05) is 11.8 Å². The van der Waals surface area contributed by atoms with Crippen molar-refractivity contribution in [2.24, 2.45) is 5.73 Å². The summed E-state index contributed by atoms with van der Waals surface area (Å²) in [7, 11) is 0. The second-order valence-electron chi connectivity index (χ2n) is 4.28. The van der Waals surface area contributed by atoms with Gasteiger partial charge in [-0.1, -0.05) is 31.3 Å². The Morgan fingerprint density at radius 2 is 2.20 bits per heavy atom. The Morgan fingerprint density at radius 1 is 1.50 bits per heavy atom. The lowest BCUT2D eigenvalue weighted by Gasteiger charge is -2.14. The smallest absolute Gasteiger partial charge is 0.258 e. The van der Waals surface area contributed by atoms with E-state index >= 15 is 0 Å². The number of nitrogens with two attached hydrogens (primary N) is 1. The highest BCUT2D eigenvalue weighted by Gasteiger charge is 2.10. The minimum atomic E-state index is -0.146. The van der Waals surface area contributed by atoms with Crippen LogP contribution >= 0.6 is 24.0 Å². The summed E-state index contributed by atoms with van der Waals surface area (Å²) >= 11 is 6.73. The van der Waals surface area contributed by atoms with Crippen molar-refractivity contribution < 1.29 is 9.53 Å². The zero-order valence-corrected chi connectivity index (χ0v) is 13.4. The van der Waals surface area contributed by atoms with Gasteiger partial charge < -0.3 is 15.8 Å². The number of nitrogens with one attached hydrogen (secondary N) is 1. The van der Waals surface area contributed by atoms with Gasteiger partial charge in [0.15, 0.2) is 6.61 Å². The predicted octanol–water partition coefficient (Wildman–Crippen LogP) is 1.96. The summed E-state index contributed by atoms with van der Waals surface area (Å²) in [5.74, 6) is 2.32. The molecule has 20 heavy (non-hydrogen) atoms. The van der Waals surface area contributed by atoms with E-state index in [4.69, 9.17) is 22.7 Å². The maximum Gasteiger partial charge on any atom is 0.258 e. The highest BCUT2D eigenvalue weighted by molar-refractivity contribution is 7.99. The zero-order chi connectivity index (χ0) is 15.0. The van der Waals surface area contributed by atoms with Crippen LogP contribution in [0.1, 0.15) is 19.4 Å². The van der Waals surface area contributed by atoms with Gasteiger partial charge in [0.1, 0.15) is 10.7 Å². The molecule has 4 nitrogen and oxygen atoms in total. The van der Waals surface area contributed by atoms with Gasteiger partial charge >= 0.3 is 0 Å². The summed E-state index contributed by atoms with van der Waals surface area (Å²) in [6.45, 7) is 4.03. The van der Waals surface area contributed by atoms with Gasteiger partial charge in [-0.3, -0.25) is 4.79 Å². The number of benzene rings is 1. The van der Waals surface area contributed by atoms with Crippen LogP contribution < -0.4 is 15.8 Å². The van der Waals surface area contributed by atoms with E-state index in [9.17, 15) is 4.79 Å². The molecule has 0 saturated carbocycles. The molecular weight excluding hydrogens is 292 g/mol.